The summed E-state index contributed by atoms with van der Waals surface area (Å²) in [5.41, 5.74) is 3.57. The van der Waals surface area contributed by atoms with Crippen LogP contribution in [0.1, 0.15) is 27.6 Å². The van der Waals surface area contributed by atoms with Crippen LogP contribution in [0.15, 0.2) is 78.9 Å². The van der Waals surface area contributed by atoms with Crippen molar-refractivity contribution in [3.63, 3.8) is 0 Å². The maximum Gasteiger partial charge on any atom is 0.337 e. The zero-order valence-corrected chi connectivity index (χ0v) is 17.8. The van der Waals surface area contributed by atoms with Crippen LogP contribution in [0.25, 0.3) is 22.2 Å². The molecule has 0 radical (unpaired) electrons. The molecule has 0 unspecified atom stereocenters. The van der Waals surface area contributed by atoms with Crippen molar-refractivity contribution in [3.8, 4) is 17.0 Å². The summed E-state index contributed by atoms with van der Waals surface area (Å²) in [6.07, 6.45) is 0. The number of amides is 1. The molecule has 160 valence electrons. The molecule has 32 heavy (non-hydrogen) atoms. The van der Waals surface area contributed by atoms with E-state index in [0.29, 0.717) is 34.6 Å². The highest BCUT2D eigenvalue weighted by molar-refractivity contribution is 6.13. The largest absolute Gasteiger partial charge is 0.494 e. The zero-order chi connectivity index (χ0) is 22.5. The third-order valence-corrected chi connectivity index (χ3v) is 4.94. The molecular formula is C26H22N2O4. The van der Waals surface area contributed by atoms with Gasteiger partial charge in [0.2, 0.25) is 0 Å². The van der Waals surface area contributed by atoms with Gasteiger partial charge in [0.15, 0.2) is 0 Å². The molecule has 1 heterocycles. The first-order chi connectivity index (χ1) is 15.6. The van der Waals surface area contributed by atoms with Gasteiger partial charge in [-0.2, -0.15) is 0 Å². The number of ether oxygens (including phenoxy) is 2. The summed E-state index contributed by atoms with van der Waals surface area (Å²) in [6, 6.07) is 23.5. The smallest absolute Gasteiger partial charge is 0.337 e. The van der Waals surface area contributed by atoms with E-state index in [1.807, 2.05) is 55.5 Å². The van der Waals surface area contributed by atoms with Crippen LogP contribution in [0.2, 0.25) is 0 Å². The third kappa shape index (κ3) is 4.44. The number of pyridine rings is 1. The van der Waals surface area contributed by atoms with E-state index in [1.54, 1.807) is 30.3 Å². The Morgan fingerprint density at radius 3 is 2.56 bits per heavy atom. The third-order valence-electron chi connectivity index (χ3n) is 4.94. The van der Waals surface area contributed by atoms with E-state index < -0.39 is 5.97 Å². The normalized spacial score (nSPS) is 10.6. The molecule has 0 aliphatic rings. The Hall–Kier alpha value is -4.19. The maximum atomic E-state index is 13.3. The Balaban J connectivity index is 1.74. The first kappa shape index (κ1) is 21.1. The van der Waals surface area contributed by atoms with Crippen LogP contribution in [-0.2, 0) is 4.74 Å². The van der Waals surface area contributed by atoms with Gasteiger partial charge in [-0.25, -0.2) is 9.78 Å². The van der Waals surface area contributed by atoms with Crippen LogP contribution in [0.4, 0.5) is 5.69 Å². The number of methoxy groups -OCH3 is 1. The minimum absolute atomic E-state index is 0.298. The van der Waals surface area contributed by atoms with Gasteiger partial charge in [0.05, 0.1) is 36.1 Å². The lowest BCUT2D eigenvalue weighted by Crippen LogP contribution is -2.13. The number of esters is 1. The number of anilines is 1. The molecule has 0 saturated carbocycles. The van der Waals surface area contributed by atoms with E-state index in [1.165, 1.54) is 7.11 Å². The van der Waals surface area contributed by atoms with Gasteiger partial charge in [-0.3, -0.25) is 4.79 Å². The lowest BCUT2D eigenvalue weighted by Gasteiger charge is -2.12. The topological polar surface area (TPSA) is 77.5 Å². The predicted octanol–water partition coefficient (Wildman–Crippen LogP) is 5.34. The summed E-state index contributed by atoms with van der Waals surface area (Å²) in [4.78, 5) is 29.8. The number of aromatic nitrogens is 1. The molecule has 1 N–H and O–H groups in total. The van der Waals surface area contributed by atoms with Crippen molar-refractivity contribution in [1.82, 2.24) is 4.98 Å². The first-order valence-electron chi connectivity index (χ1n) is 10.2. The molecule has 4 rings (SSSR count). The standard InChI is InChI=1S/C26H22N2O4/c1-3-32-20-11-7-8-17(15-20)24-16-22(21-12-4-5-13-23(21)28-24)25(29)27-19-10-6-9-18(14-19)26(30)31-2/h4-16H,3H2,1-2H3,(H,27,29). The second-order valence-corrected chi connectivity index (χ2v) is 7.06. The number of hydrogen-bond acceptors (Lipinski definition) is 5. The van der Waals surface area contributed by atoms with E-state index >= 15 is 0 Å². The van der Waals surface area contributed by atoms with Gasteiger partial charge in [0, 0.05) is 16.6 Å². The molecule has 0 spiro atoms. The van der Waals surface area contributed by atoms with Gasteiger partial charge in [0.1, 0.15) is 5.75 Å². The second kappa shape index (κ2) is 9.31. The Morgan fingerprint density at radius 1 is 0.938 bits per heavy atom. The number of hydrogen-bond donors (Lipinski definition) is 1. The Bertz CT molecular complexity index is 1300. The van der Waals surface area contributed by atoms with Gasteiger partial charge in [-0.15, -0.1) is 0 Å². The van der Waals surface area contributed by atoms with Crippen LogP contribution < -0.4 is 10.1 Å². The van der Waals surface area contributed by atoms with Crippen LogP contribution >= 0.6 is 0 Å². The number of nitrogens with one attached hydrogen (secondary N) is 1. The van der Waals surface area contributed by atoms with E-state index in [9.17, 15) is 9.59 Å². The minimum Gasteiger partial charge on any atom is -0.494 e. The highest BCUT2D eigenvalue weighted by Gasteiger charge is 2.15. The summed E-state index contributed by atoms with van der Waals surface area (Å²) in [7, 11) is 1.32. The fourth-order valence-corrected chi connectivity index (χ4v) is 3.46. The first-order valence-corrected chi connectivity index (χ1v) is 10.2. The number of benzene rings is 3. The molecule has 1 aromatic heterocycles. The lowest BCUT2D eigenvalue weighted by atomic mass is 10.0. The van der Waals surface area contributed by atoms with Crippen molar-refractivity contribution in [2.24, 2.45) is 0 Å². The number of para-hydroxylation sites is 1. The quantitative estimate of drug-likeness (QED) is 0.421. The summed E-state index contributed by atoms with van der Waals surface area (Å²) in [5.74, 6) is -0.0228. The monoisotopic (exact) mass is 426 g/mol. The van der Waals surface area contributed by atoms with Gasteiger partial charge >= 0.3 is 5.97 Å². The SMILES string of the molecule is CCOc1cccc(-c2cc(C(=O)Nc3cccc(C(=O)OC)c3)c3ccccc3n2)c1. The molecule has 1 amide bonds. The van der Waals surface area contributed by atoms with Gasteiger partial charge in [-0.05, 0) is 49.4 Å². The Kier molecular flexibility index (Phi) is 6.12. The van der Waals surface area contributed by atoms with Crippen molar-refractivity contribution in [2.45, 2.75) is 6.92 Å². The van der Waals surface area contributed by atoms with Crippen molar-refractivity contribution < 1.29 is 19.1 Å². The molecule has 0 fully saturated rings. The summed E-state index contributed by atoms with van der Waals surface area (Å²) >= 11 is 0. The molecule has 3 aromatic carbocycles. The molecule has 0 bridgehead atoms. The molecular weight excluding hydrogens is 404 g/mol. The summed E-state index contributed by atoms with van der Waals surface area (Å²) in [5, 5.41) is 3.62. The van der Waals surface area contributed by atoms with E-state index in [4.69, 9.17) is 14.5 Å². The predicted molar refractivity (Wildman–Crippen MR) is 124 cm³/mol. The minimum atomic E-state index is -0.466. The van der Waals surface area contributed by atoms with Gasteiger partial charge in [0.25, 0.3) is 5.91 Å². The summed E-state index contributed by atoms with van der Waals surface area (Å²) in [6.45, 7) is 2.49. The highest BCUT2D eigenvalue weighted by Crippen LogP contribution is 2.28. The van der Waals surface area contributed by atoms with Crippen molar-refractivity contribution in [1.29, 1.82) is 0 Å². The molecule has 0 saturated heterocycles. The van der Waals surface area contributed by atoms with Crippen molar-refractivity contribution in [2.75, 3.05) is 19.0 Å². The molecule has 0 aliphatic carbocycles. The number of fused-ring (bicyclic) bond motifs is 1. The molecule has 6 heteroatoms. The van der Waals surface area contributed by atoms with Crippen molar-refractivity contribution in [3.05, 3.63) is 90.0 Å². The van der Waals surface area contributed by atoms with E-state index in [2.05, 4.69) is 5.32 Å². The van der Waals surface area contributed by atoms with Crippen LogP contribution in [-0.4, -0.2) is 30.6 Å². The molecule has 6 nitrogen and oxygen atoms in total. The van der Waals surface area contributed by atoms with E-state index in [-0.39, 0.29) is 5.91 Å². The number of nitrogens with zero attached hydrogens (tertiary/aromatic N) is 1. The van der Waals surface area contributed by atoms with E-state index in [0.717, 1.165) is 16.7 Å². The average Bonchev–Trinajstić information content (AvgIpc) is 2.83. The van der Waals surface area contributed by atoms with Crippen LogP contribution in [0.5, 0.6) is 5.75 Å². The van der Waals surface area contributed by atoms with Gasteiger partial charge < -0.3 is 14.8 Å². The second-order valence-electron chi connectivity index (χ2n) is 7.06. The maximum absolute atomic E-state index is 13.3. The number of carbonyl (C=O) groups is 2. The Morgan fingerprint density at radius 2 is 1.75 bits per heavy atom. The highest BCUT2D eigenvalue weighted by atomic mass is 16.5. The van der Waals surface area contributed by atoms with Crippen molar-refractivity contribution >= 4 is 28.5 Å². The average molecular weight is 426 g/mol. The molecule has 0 atom stereocenters. The lowest BCUT2D eigenvalue weighted by molar-refractivity contribution is 0.0600. The fraction of sp³-hybridized carbons (Fsp3) is 0.115. The summed E-state index contributed by atoms with van der Waals surface area (Å²) < 4.78 is 10.4. The number of rotatable bonds is 6. The van der Waals surface area contributed by atoms with Crippen LogP contribution in [0.3, 0.4) is 0 Å². The van der Waals surface area contributed by atoms with Gasteiger partial charge in [-0.1, -0.05) is 36.4 Å². The molecule has 0 aliphatic heterocycles. The Labute approximate surface area is 185 Å². The zero-order valence-electron chi connectivity index (χ0n) is 17.8. The van der Waals surface area contributed by atoms with Crippen LogP contribution in [0, 0.1) is 0 Å². The molecule has 4 aromatic rings. The fourth-order valence-electron chi connectivity index (χ4n) is 3.46. The number of carbonyl (C=O) groups excluding carboxylic acids is 2.